The predicted molar refractivity (Wildman–Crippen MR) is 73.8 cm³/mol. The van der Waals surface area contributed by atoms with E-state index in [4.69, 9.17) is 0 Å². The molecule has 2 saturated heterocycles. The highest BCUT2D eigenvalue weighted by Crippen LogP contribution is 2.24. The maximum atomic E-state index is 12.2. The molecule has 1 amide bonds. The summed E-state index contributed by atoms with van der Waals surface area (Å²) in [6, 6.07) is 0. The van der Waals surface area contributed by atoms with E-state index in [0.29, 0.717) is 43.0 Å². The first-order chi connectivity index (χ1) is 8.54. The summed E-state index contributed by atoms with van der Waals surface area (Å²) in [5.41, 5.74) is 0. The molecule has 2 fully saturated rings. The molecule has 2 rings (SSSR count). The summed E-state index contributed by atoms with van der Waals surface area (Å²) in [6.07, 6.45) is 1.07. The van der Waals surface area contributed by atoms with Crippen molar-refractivity contribution < 1.29 is 9.59 Å². The Morgan fingerprint density at radius 3 is 2.33 bits per heavy atom. The molecule has 4 nitrogen and oxygen atoms in total. The molecule has 18 heavy (non-hydrogen) atoms. The number of hydrogen-bond donors (Lipinski definition) is 0. The van der Waals surface area contributed by atoms with E-state index in [-0.39, 0.29) is 11.7 Å². The summed E-state index contributed by atoms with van der Waals surface area (Å²) in [6.45, 7) is 8.18. The van der Waals surface area contributed by atoms with Crippen LogP contribution in [0.4, 0.5) is 0 Å². The summed E-state index contributed by atoms with van der Waals surface area (Å²) in [5, 5.41) is 1.20. The molecule has 2 aliphatic rings. The summed E-state index contributed by atoms with van der Waals surface area (Å²) in [5.74, 6) is 0.476. The molecule has 5 heteroatoms. The van der Waals surface area contributed by atoms with Crippen molar-refractivity contribution in [2.75, 3.05) is 32.7 Å². The quantitative estimate of drug-likeness (QED) is 0.751. The van der Waals surface area contributed by atoms with Crippen molar-refractivity contribution >= 4 is 23.5 Å². The lowest BCUT2D eigenvalue weighted by molar-refractivity contribution is -0.135. The van der Waals surface area contributed by atoms with Crippen LogP contribution in [0.25, 0.3) is 0 Å². The van der Waals surface area contributed by atoms with Crippen LogP contribution < -0.4 is 0 Å². The first kappa shape index (κ1) is 13.9. The Balaban J connectivity index is 1.81. The van der Waals surface area contributed by atoms with E-state index in [9.17, 15) is 9.59 Å². The highest BCUT2D eigenvalue weighted by Gasteiger charge is 2.26. The Morgan fingerprint density at radius 2 is 1.78 bits per heavy atom. The molecule has 2 atom stereocenters. The molecule has 0 N–H and O–H groups in total. The van der Waals surface area contributed by atoms with Crippen LogP contribution in [0.3, 0.4) is 0 Å². The van der Waals surface area contributed by atoms with Gasteiger partial charge in [0.05, 0.1) is 6.54 Å². The summed E-state index contributed by atoms with van der Waals surface area (Å²) >= 11 is 2.00. The lowest BCUT2D eigenvalue weighted by Gasteiger charge is -2.36. The van der Waals surface area contributed by atoms with Crippen molar-refractivity contribution in [2.24, 2.45) is 0 Å². The van der Waals surface area contributed by atoms with Gasteiger partial charge in [0, 0.05) is 49.5 Å². The minimum atomic E-state index is 0.189. The molecule has 0 aromatic rings. The standard InChI is InChI=1S/C13H22N2O2S/c1-10-7-14(8-11(2)18-10)9-13(17)15-5-3-12(16)4-6-15/h10-11H,3-9H2,1-2H3. The predicted octanol–water partition coefficient (Wildman–Crippen LogP) is 1.00. The molecule has 0 radical (unpaired) electrons. The second kappa shape index (κ2) is 6.06. The second-order valence-electron chi connectivity index (χ2n) is 5.37. The zero-order valence-electron chi connectivity index (χ0n) is 11.2. The van der Waals surface area contributed by atoms with E-state index in [1.165, 1.54) is 0 Å². The number of likely N-dealkylation sites (tertiary alicyclic amines) is 1. The average molecular weight is 270 g/mol. The normalized spacial score (nSPS) is 30.6. The van der Waals surface area contributed by atoms with Crippen LogP contribution in [-0.4, -0.2) is 64.7 Å². The van der Waals surface area contributed by atoms with Gasteiger partial charge >= 0.3 is 0 Å². The molecular formula is C13H22N2O2S. The molecule has 0 spiro atoms. The summed E-state index contributed by atoms with van der Waals surface area (Å²) in [4.78, 5) is 27.4. The minimum absolute atomic E-state index is 0.189. The van der Waals surface area contributed by atoms with Gasteiger partial charge in [-0.2, -0.15) is 11.8 Å². The van der Waals surface area contributed by atoms with E-state index in [0.717, 1.165) is 13.1 Å². The minimum Gasteiger partial charge on any atom is -0.341 e. The van der Waals surface area contributed by atoms with Crippen LogP contribution in [0, 0.1) is 0 Å². The van der Waals surface area contributed by atoms with Crippen molar-refractivity contribution in [2.45, 2.75) is 37.2 Å². The molecule has 0 aromatic carbocycles. The van der Waals surface area contributed by atoms with Crippen LogP contribution in [0.2, 0.25) is 0 Å². The van der Waals surface area contributed by atoms with E-state index >= 15 is 0 Å². The first-order valence-corrected chi connectivity index (χ1v) is 7.66. The van der Waals surface area contributed by atoms with Crippen LogP contribution >= 0.6 is 11.8 Å². The third-order valence-electron chi connectivity index (χ3n) is 3.53. The average Bonchev–Trinajstić information content (AvgIpc) is 2.28. The van der Waals surface area contributed by atoms with Crippen molar-refractivity contribution in [3.63, 3.8) is 0 Å². The molecular weight excluding hydrogens is 248 g/mol. The molecule has 2 heterocycles. The van der Waals surface area contributed by atoms with Crippen molar-refractivity contribution in [3.8, 4) is 0 Å². The smallest absolute Gasteiger partial charge is 0.236 e. The van der Waals surface area contributed by atoms with E-state index in [2.05, 4.69) is 18.7 Å². The van der Waals surface area contributed by atoms with Crippen molar-refractivity contribution in [1.82, 2.24) is 9.80 Å². The lowest BCUT2D eigenvalue weighted by Crippen LogP contribution is -2.48. The van der Waals surface area contributed by atoms with Gasteiger partial charge in [0.2, 0.25) is 5.91 Å². The Labute approximate surface area is 113 Å². The Kier molecular flexibility index (Phi) is 4.67. The third-order valence-corrected chi connectivity index (χ3v) is 4.76. The maximum Gasteiger partial charge on any atom is 0.236 e. The lowest BCUT2D eigenvalue weighted by atomic mass is 10.1. The zero-order chi connectivity index (χ0) is 13.1. The molecule has 0 aliphatic carbocycles. The fraction of sp³-hybridized carbons (Fsp3) is 0.846. The third kappa shape index (κ3) is 3.72. The van der Waals surface area contributed by atoms with Crippen LogP contribution in [0.15, 0.2) is 0 Å². The highest BCUT2D eigenvalue weighted by molar-refractivity contribution is 8.00. The molecule has 0 aromatic heterocycles. The van der Waals surface area contributed by atoms with Gasteiger partial charge in [0.25, 0.3) is 0 Å². The highest BCUT2D eigenvalue weighted by atomic mass is 32.2. The number of Topliss-reactive ketones (excluding diaryl/α,β-unsaturated/α-hetero) is 1. The van der Waals surface area contributed by atoms with Gasteiger partial charge < -0.3 is 4.90 Å². The number of piperidine rings is 1. The fourth-order valence-corrected chi connectivity index (χ4v) is 4.10. The molecule has 2 aliphatic heterocycles. The largest absolute Gasteiger partial charge is 0.341 e. The van der Waals surface area contributed by atoms with Gasteiger partial charge in [-0.25, -0.2) is 0 Å². The summed E-state index contributed by atoms with van der Waals surface area (Å²) in [7, 11) is 0. The number of ketones is 1. The number of carbonyl (C=O) groups excluding carboxylic acids is 2. The number of thioether (sulfide) groups is 1. The number of rotatable bonds is 2. The van der Waals surface area contributed by atoms with Crippen molar-refractivity contribution in [3.05, 3.63) is 0 Å². The molecule has 0 bridgehead atoms. The summed E-state index contributed by atoms with van der Waals surface area (Å²) < 4.78 is 0. The van der Waals surface area contributed by atoms with Gasteiger partial charge in [0.15, 0.2) is 0 Å². The number of nitrogens with zero attached hydrogens (tertiary/aromatic N) is 2. The Hall–Kier alpha value is -0.550. The first-order valence-electron chi connectivity index (χ1n) is 6.72. The van der Waals surface area contributed by atoms with Crippen LogP contribution in [0.1, 0.15) is 26.7 Å². The van der Waals surface area contributed by atoms with Gasteiger partial charge in [-0.05, 0) is 0 Å². The molecule has 102 valence electrons. The monoisotopic (exact) mass is 270 g/mol. The number of amides is 1. The number of carbonyl (C=O) groups is 2. The van der Waals surface area contributed by atoms with E-state index in [1.54, 1.807) is 0 Å². The topological polar surface area (TPSA) is 40.6 Å². The maximum absolute atomic E-state index is 12.2. The van der Waals surface area contributed by atoms with Crippen LogP contribution in [0.5, 0.6) is 0 Å². The van der Waals surface area contributed by atoms with Gasteiger partial charge in [-0.3, -0.25) is 14.5 Å². The van der Waals surface area contributed by atoms with E-state index < -0.39 is 0 Å². The molecule has 0 saturated carbocycles. The SMILES string of the molecule is CC1CN(CC(=O)N2CCC(=O)CC2)CC(C)S1. The zero-order valence-corrected chi connectivity index (χ0v) is 12.0. The Morgan fingerprint density at radius 1 is 1.22 bits per heavy atom. The van der Waals surface area contributed by atoms with Gasteiger partial charge in [-0.15, -0.1) is 0 Å². The molecule has 2 unspecified atom stereocenters. The number of hydrogen-bond acceptors (Lipinski definition) is 4. The van der Waals surface area contributed by atoms with E-state index in [1.807, 2.05) is 16.7 Å². The van der Waals surface area contributed by atoms with Crippen LogP contribution in [-0.2, 0) is 9.59 Å². The second-order valence-corrected chi connectivity index (χ2v) is 7.25. The fourth-order valence-electron chi connectivity index (χ4n) is 2.71. The van der Waals surface area contributed by atoms with Crippen molar-refractivity contribution in [1.29, 1.82) is 0 Å². The van der Waals surface area contributed by atoms with Gasteiger partial charge in [0.1, 0.15) is 5.78 Å². The van der Waals surface area contributed by atoms with Gasteiger partial charge in [-0.1, -0.05) is 13.8 Å². The Bertz CT molecular complexity index is 315.